The van der Waals surface area contributed by atoms with Crippen LogP contribution in [0.3, 0.4) is 0 Å². The quantitative estimate of drug-likeness (QED) is 0.844. The Balaban J connectivity index is 2.87. The van der Waals surface area contributed by atoms with E-state index in [4.69, 9.17) is 27.9 Å². The average Bonchev–Trinajstić information content (AvgIpc) is 2.40. The molecule has 0 saturated carbocycles. The lowest BCUT2D eigenvalue weighted by molar-refractivity contribution is -0.144. The Bertz CT molecular complexity index is 479. The van der Waals surface area contributed by atoms with E-state index in [9.17, 15) is 9.59 Å². The molecule has 1 aromatic rings. The Morgan fingerprint density at radius 2 is 2.00 bits per heavy atom. The van der Waals surface area contributed by atoms with Gasteiger partial charge in [0.1, 0.15) is 0 Å². The molecule has 19 heavy (non-hydrogen) atoms. The molecule has 1 amide bonds. The van der Waals surface area contributed by atoms with Gasteiger partial charge in [0, 0.05) is 12.1 Å². The first kappa shape index (κ1) is 15.8. The number of nitrogens with one attached hydrogen (secondary N) is 1. The van der Waals surface area contributed by atoms with Gasteiger partial charge < -0.3 is 14.8 Å². The highest BCUT2D eigenvalue weighted by atomic mass is 35.5. The zero-order valence-electron chi connectivity index (χ0n) is 10.4. The van der Waals surface area contributed by atoms with Crippen molar-refractivity contribution in [2.75, 3.05) is 20.8 Å². The minimum absolute atomic E-state index is 0.00337. The summed E-state index contributed by atoms with van der Waals surface area (Å²) in [7, 11) is 2.64. The Labute approximate surface area is 120 Å². The van der Waals surface area contributed by atoms with Crippen LogP contribution in [-0.2, 0) is 14.3 Å². The number of benzene rings is 1. The van der Waals surface area contributed by atoms with Crippen LogP contribution in [0.2, 0.25) is 10.0 Å². The number of methoxy groups -OCH3 is 2. The summed E-state index contributed by atoms with van der Waals surface area (Å²) in [4.78, 5) is 23.5. The SMILES string of the molecule is COC[C@H](NC(=O)c1cc(Cl)ccc1Cl)C(=O)OC. The Morgan fingerprint density at radius 3 is 2.58 bits per heavy atom. The van der Waals surface area contributed by atoms with Gasteiger partial charge in [0.05, 0.1) is 24.3 Å². The maximum absolute atomic E-state index is 12.0. The zero-order valence-corrected chi connectivity index (χ0v) is 11.9. The summed E-state index contributed by atoms with van der Waals surface area (Å²) in [6, 6.07) is 3.58. The molecule has 1 atom stereocenters. The monoisotopic (exact) mass is 305 g/mol. The Kier molecular flexibility index (Phi) is 6.08. The molecule has 0 aliphatic rings. The lowest BCUT2D eigenvalue weighted by Crippen LogP contribution is -2.44. The van der Waals surface area contributed by atoms with Crippen LogP contribution in [0.15, 0.2) is 18.2 Å². The van der Waals surface area contributed by atoms with E-state index in [0.717, 1.165) is 0 Å². The molecular formula is C12H13Cl2NO4. The first-order valence-corrected chi connectivity index (χ1v) is 6.08. The highest BCUT2D eigenvalue weighted by Crippen LogP contribution is 2.20. The molecule has 0 unspecified atom stereocenters. The van der Waals surface area contributed by atoms with Crippen molar-refractivity contribution in [3.8, 4) is 0 Å². The predicted molar refractivity (Wildman–Crippen MR) is 71.6 cm³/mol. The number of ether oxygens (including phenoxy) is 2. The van der Waals surface area contributed by atoms with Gasteiger partial charge in [0.25, 0.3) is 5.91 Å². The number of carbonyl (C=O) groups excluding carboxylic acids is 2. The minimum atomic E-state index is -0.905. The van der Waals surface area contributed by atoms with Crippen molar-refractivity contribution in [2.24, 2.45) is 0 Å². The van der Waals surface area contributed by atoms with E-state index < -0.39 is 17.9 Å². The fraction of sp³-hybridized carbons (Fsp3) is 0.333. The van der Waals surface area contributed by atoms with Gasteiger partial charge in [0.15, 0.2) is 6.04 Å². The lowest BCUT2D eigenvalue weighted by atomic mass is 10.2. The van der Waals surface area contributed by atoms with Crippen molar-refractivity contribution in [2.45, 2.75) is 6.04 Å². The largest absolute Gasteiger partial charge is 0.467 e. The highest BCUT2D eigenvalue weighted by Gasteiger charge is 2.23. The van der Waals surface area contributed by atoms with Crippen LogP contribution in [0.5, 0.6) is 0 Å². The van der Waals surface area contributed by atoms with Crippen molar-refractivity contribution in [3.05, 3.63) is 33.8 Å². The van der Waals surface area contributed by atoms with Crippen molar-refractivity contribution in [3.63, 3.8) is 0 Å². The third kappa shape index (κ3) is 4.38. The molecule has 1 N–H and O–H groups in total. The van der Waals surface area contributed by atoms with E-state index in [-0.39, 0.29) is 17.2 Å². The van der Waals surface area contributed by atoms with Crippen molar-refractivity contribution in [1.82, 2.24) is 5.32 Å². The molecule has 0 aliphatic heterocycles. The van der Waals surface area contributed by atoms with Crippen molar-refractivity contribution < 1.29 is 19.1 Å². The van der Waals surface area contributed by atoms with Gasteiger partial charge in [0.2, 0.25) is 0 Å². The maximum Gasteiger partial charge on any atom is 0.330 e. The molecule has 0 radical (unpaired) electrons. The average molecular weight is 306 g/mol. The Morgan fingerprint density at radius 1 is 1.32 bits per heavy atom. The molecule has 7 heteroatoms. The molecule has 0 bridgehead atoms. The van der Waals surface area contributed by atoms with Crippen LogP contribution < -0.4 is 5.32 Å². The lowest BCUT2D eigenvalue weighted by Gasteiger charge is -2.16. The summed E-state index contributed by atoms with van der Waals surface area (Å²) in [5, 5.41) is 3.08. The molecule has 1 aromatic carbocycles. The molecular weight excluding hydrogens is 293 g/mol. The van der Waals surface area contributed by atoms with E-state index >= 15 is 0 Å². The van der Waals surface area contributed by atoms with Crippen LogP contribution in [0, 0.1) is 0 Å². The zero-order chi connectivity index (χ0) is 14.4. The van der Waals surface area contributed by atoms with Gasteiger partial charge in [-0.15, -0.1) is 0 Å². The summed E-state index contributed by atoms with van der Waals surface area (Å²) in [5.74, 6) is -1.13. The number of rotatable bonds is 5. The third-order valence-electron chi connectivity index (χ3n) is 2.30. The van der Waals surface area contributed by atoms with Crippen LogP contribution in [0.1, 0.15) is 10.4 Å². The summed E-state index contributed by atoms with van der Waals surface area (Å²) in [5.41, 5.74) is 0.180. The fourth-order valence-electron chi connectivity index (χ4n) is 1.39. The van der Waals surface area contributed by atoms with Crippen LogP contribution >= 0.6 is 23.2 Å². The molecule has 0 saturated heterocycles. The van der Waals surface area contributed by atoms with Crippen molar-refractivity contribution >= 4 is 35.1 Å². The molecule has 0 spiro atoms. The maximum atomic E-state index is 12.0. The van der Waals surface area contributed by atoms with E-state index in [1.54, 1.807) is 6.07 Å². The summed E-state index contributed by atoms with van der Waals surface area (Å²) in [6.07, 6.45) is 0. The van der Waals surface area contributed by atoms with Gasteiger partial charge >= 0.3 is 5.97 Å². The first-order valence-electron chi connectivity index (χ1n) is 5.32. The van der Waals surface area contributed by atoms with Gasteiger partial charge in [-0.2, -0.15) is 0 Å². The minimum Gasteiger partial charge on any atom is -0.467 e. The van der Waals surface area contributed by atoms with Crippen LogP contribution in [0.25, 0.3) is 0 Å². The van der Waals surface area contributed by atoms with E-state index in [1.807, 2.05) is 0 Å². The number of hydrogen-bond acceptors (Lipinski definition) is 4. The predicted octanol–water partition coefficient (Wildman–Crippen LogP) is 1.91. The molecule has 1 rings (SSSR count). The number of amides is 1. The number of esters is 1. The van der Waals surface area contributed by atoms with Gasteiger partial charge in [-0.3, -0.25) is 4.79 Å². The second kappa shape index (κ2) is 7.33. The molecule has 0 fully saturated rings. The summed E-state index contributed by atoms with van der Waals surface area (Å²) in [6.45, 7) is -0.00337. The number of halogens is 2. The van der Waals surface area contributed by atoms with Gasteiger partial charge in [-0.25, -0.2) is 4.79 Å². The van der Waals surface area contributed by atoms with E-state index in [2.05, 4.69) is 10.1 Å². The van der Waals surface area contributed by atoms with Gasteiger partial charge in [-0.1, -0.05) is 23.2 Å². The second-order valence-electron chi connectivity index (χ2n) is 3.63. The number of carbonyl (C=O) groups is 2. The second-order valence-corrected chi connectivity index (χ2v) is 4.47. The first-order chi connectivity index (χ1) is 8.99. The van der Waals surface area contributed by atoms with Crippen molar-refractivity contribution in [1.29, 1.82) is 0 Å². The Hall–Kier alpha value is -1.30. The smallest absolute Gasteiger partial charge is 0.330 e. The molecule has 0 heterocycles. The standard InChI is InChI=1S/C12H13Cl2NO4/c1-18-6-10(12(17)19-2)15-11(16)8-5-7(13)3-4-9(8)14/h3-5,10H,6H2,1-2H3,(H,15,16)/t10-/m0/s1. The van der Waals surface area contributed by atoms with E-state index in [0.29, 0.717) is 5.02 Å². The molecule has 5 nitrogen and oxygen atoms in total. The summed E-state index contributed by atoms with van der Waals surface area (Å²) < 4.78 is 9.41. The third-order valence-corrected chi connectivity index (χ3v) is 2.86. The fourth-order valence-corrected chi connectivity index (χ4v) is 1.76. The number of hydrogen-bond donors (Lipinski definition) is 1. The topological polar surface area (TPSA) is 64.6 Å². The molecule has 104 valence electrons. The summed E-state index contributed by atoms with van der Waals surface area (Å²) >= 11 is 11.7. The van der Waals surface area contributed by atoms with Crippen LogP contribution in [0.4, 0.5) is 0 Å². The van der Waals surface area contributed by atoms with E-state index in [1.165, 1.54) is 26.4 Å². The van der Waals surface area contributed by atoms with Crippen LogP contribution in [-0.4, -0.2) is 38.7 Å². The highest BCUT2D eigenvalue weighted by molar-refractivity contribution is 6.35. The molecule has 0 aromatic heterocycles. The van der Waals surface area contributed by atoms with Gasteiger partial charge in [-0.05, 0) is 18.2 Å². The normalized spacial score (nSPS) is 11.8. The molecule has 0 aliphatic carbocycles.